The predicted molar refractivity (Wildman–Crippen MR) is 86.5 cm³/mol. The minimum atomic E-state index is -0.973. The molecule has 5 heteroatoms. The Balaban J connectivity index is 1.89. The van der Waals surface area contributed by atoms with E-state index >= 15 is 0 Å². The topological polar surface area (TPSA) is 38.0 Å². The van der Waals surface area contributed by atoms with E-state index in [1.54, 1.807) is 0 Å². The first-order valence-electron chi connectivity index (χ1n) is 7.50. The van der Waals surface area contributed by atoms with E-state index in [2.05, 4.69) is 24.5 Å². The zero-order chi connectivity index (χ0) is 15.4. The molecule has 0 aromatic heterocycles. The molecule has 116 valence electrons. The molecule has 1 saturated carbocycles. The van der Waals surface area contributed by atoms with Crippen molar-refractivity contribution >= 4 is 22.9 Å². The van der Waals surface area contributed by atoms with E-state index in [0.29, 0.717) is 12.5 Å². The van der Waals surface area contributed by atoms with Crippen molar-refractivity contribution in [3.8, 4) is 0 Å². The van der Waals surface area contributed by atoms with Crippen LogP contribution >= 0.6 is 12.2 Å². The normalized spacial score (nSPS) is 22.0. The van der Waals surface area contributed by atoms with Crippen molar-refractivity contribution in [2.24, 2.45) is 17.6 Å². The fourth-order valence-electron chi connectivity index (χ4n) is 2.91. The Kier molecular flexibility index (Phi) is 5.51. The van der Waals surface area contributed by atoms with Crippen LogP contribution in [-0.4, -0.2) is 11.5 Å². The molecule has 0 unspecified atom stereocenters. The van der Waals surface area contributed by atoms with Crippen LogP contribution in [0, 0.1) is 23.5 Å². The molecule has 1 aliphatic carbocycles. The van der Waals surface area contributed by atoms with Crippen molar-refractivity contribution in [3.63, 3.8) is 0 Å². The molecule has 0 spiro atoms. The van der Waals surface area contributed by atoms with Gasteiger partial charge in [-0.2, -0.15) is 0 Å². The molecule has 2 nitrogen and oxygen atoms in total. The summed E-state index contributed by atoms with van der Waals surface area (Å²) >= 11 is 4.69. The highest BCUT2D eigenvalue weighted by molar-refractivity contribution is 7.80. The molecular weight excluding hydrogens is 290 g/mol. The van der Waals surface area contributed by atoms with Crippen LogP contribution in [0.25, 0.3) is 0 Å². The van der Waals surface area contributed by atoms with Gasteiger partial charge >= 0.3 is 0 Å². The first-order chi connectivity index (χ1) is 9.99. The molecule has 0 aliphatic heterocycles. The summed E-state index contributed by atoms with van der Waals surface area (Å²) in [6.45, 7) is 2.94. The Labute approximate surface area is 130 Å². The zero-order valence-electron chi connectivity index (χ0n) is 12.3. The number of thiocarbonyl (C=S) groups is 1. The quantitative estimate of drug-likeness (QED) is 0.799. The lowest BCUT2D eigenvalue weighted by Crippen LogP contribution is -2.17. The summed E-state index contributed by atoms with van der Waals surface area (Å²) in [4.78, 5) is -0.130. The molecule has 0 atom stereocenters. The van der Waals surface area contributed by atoms with Gasteiger partial charge < -0.3 is 11.1 Å². The van der Waals surface area contributed by atoms with E-state index in [-0.39, 0.29) is 16.2 Å². The standard InChI is InChI=1S/C16H22F2N2S/c1-10-2-4-11(5-3-10)8-9-20-13-7-6-12(16(19)21)14(17)15(13)18/h6-7,10-11,20H,2-5,8-9H2,1H3,(H2,19,21). The van der Waals surface area contributed by atoms with Crippen LogP contribution in [0.3, 0.4) is 0 Å². The molecular formula is C16H22F2N2S. The zero-order valence-corrected chi connectivity index (χ0v) is 13.1. The third-order valence-corrected chi connectivity index (χ3v) is 4.57. The van der Waals surface area contributed by atoms with Gasteiger partial charge in [0.15, 0.2) is 11.6 Å². The van der Waals surface area contributed by atoms with Gasteiger partial charge in [0, 0.05) is 12.1 Å². The van der Waals surface area contributed by atoms with Gasteiger partial charge in [-0.1, -0.05) is 44.8 Å². The summed E-state index contributed by atoms with van der Waals surface area (Å²) in [5, 5.41) is 2.98. The average molecular weight is 312 g/mol. The van der Waals surface area contributed by atoms with E-state index in [0.717, 1.165) is 12.3 Å². The van der Waals surface area contributed by atoms with Crippen molar-refractivity contribution in [2.75, 3.05) is 11.9 Å². The Hall–Kier alpha value is -1.23. The number of nitrogens with two attached hydrogens (primary N) is 1. The maximum absolute atomic E-state index is 13.9. The number of halogens is 2. The van der Waals surface area contributed by atoms with Crippen molar-refractivity contribution in [2.45, 2.75) is 39.0 Å². The molecule has 1 aliphatic rings. The highest BCUT2D eigenvalue weighted by atomic mass is 32.1. The summed E-state index contributed by atoms with van der Waals surface area (Å²) in [6, 6.07) is 2.92. The number of nitrogens with one attached hydrogen (secondary N) is 1. The van der Waals surface area contributed by atoms with Crippen molar-refractivity contribution in [1.29, 1.82) is 0 Å². The molecule has 0 saturated heterocycles. The first-order valence-corrected chi connectivity index (χ1v) is 7.91. The summed E-state index contributed by atoms with van der Waals surface area (Å²) in [6.07, 6.45) is 6.01. The van der Waals surface area contributed by atoms with Crippen molar-refractivity contribution < 1.29 is 8.78 Å². The van der Waals surface area contributed by atoms with Crippen LogP contribution < -0.4 is 11.1 Å². The lowest BCUT2D eigenvalue weighted by molar-refractivity contribution is 0.282. The Morgan fingerprint density at radius 3 is 2.52 bits per heavy atom. The van der Waals surface area contributed by atoms with Gasteiger partial charge in [-0.3, -0.25) is 0 Å². The van der Waals surface area contributed by atoms with E-state index in [4.69, 9.17) is 5.73 Å². The summed E-state index contributed by atoms with van der Waals surface area (Å²) < 4.78 is 27.6. The molecule has 1 aromatic carbocycles. The van der Waals surface area contributed by atoms with E-state index < -0.39 is 11.6 Å². The number of hydrogen-bond acceptors (Lipinski definition) is 2. The molecule has 0 amide bonds. The monoisotopic (exact) mass is 312 g/mol. The van der Waals surface area contributed by atoms with Gasteiger partial charge in [-0.15, -0.1) is 0 Å². The SMILES string of the molecule is CC1CCC(CCNc2ccc(C(N)=S)c(F)c2F)CC1. The Bertz CT molecular complexity index is 511. The van der Waals surface area contributed by atoms with Gasteiger partial charge in [0.05, 0.1) is 5.69 Å². The Morgan fingerprint density at radius 2 is 1.90 bits per heavy atom. The number of anilines is 1. The average Bonchev–Trinajstić information content (AvgIpc) is 2.45. The van der Waals surface area contributed by atoms with Gasteiger partial charge in [-0.05, 0) is 30.4 Å². The predicted octanol–water partition coefficient (Wildman–Crippen LogP) is 4.23. The fourth-order valence-corrected chi connectivity index (χ4v) is 3.06. The maximum atomic E-state index is 13.9. The van der Waals surface area contributed by atoms with Crippen LogP contribution in [0.15, 0.2) is 12.1 Å². The third kappa shape index (κ3) is 4.13. The van der Waals surface area contributed by atoms with Gasteiger partial charge in [-0.25, -0.2) is 8.78 Å². The van der Waals surface area contributed by atoms with Crippen molar-refractivity contribution in [1.82, 2.24) is 0 Å². The fraction of sp³-hybridized carbons (Fsp3) is 0.562. The Morgan fingerprint density at radius 1 is 1.24 bits per heavy atom. The summed E-state index contributed by atoms with van der Waals surface area (Å²) in [5.41, 5.74) is 5.48. The summed E-state index contributed by atoms with van der Waals surface area (Å²) in [5.74, 6) is -0.359. The van der Waals surface area contributed by atoms with E-state index in [1.807, 2.05) is 0 Å². The minimum Gasteiger partial charge on any atom is -0.389 e. The summed E-state index contributed by atoms with van der Waals surface area (Å²) in [7, 11) is 0. The minimum absolute atomic E-state index is 0.0469. The molecule has 0 heterocycles. The molecule has 0 radical (unpaired) electrons. The number of rotatable bonds is 5. The highest BCUT2D eigenvalue weighted by Gasteiger charge is 2.18. The lowest BCUT2D eigenvalue weighted by atomic mass is 9.81. The van der Waals surface area contributed by atoms with Gasteiger partial charge in [0.25, 0.3) is 0 Å². The molecule has 21 heavy (non-hydrogen) atoms. The van der Waals surface area contributed by atoms with Gasteiger partial charge in [0.1, 0.15) is 4.99 Å². The highest BCUT2D eigenvalue weighted by Crippen LogP contribution is 2.30. The molecule has 1 aromatic rings. The van der Waals surface area contributed by atoms with Crippen LogP contribution in [0.5, 0.6) is 0 Å². The third-order valence-electron chi connectivity index (χ3n) is 4.35. The van der Waals surface area contributed by atoms with E-state index in [9.17, 15) is 8.78 Å². The smallest absolute Gasteiger partial charge is 0.182 e. The van der Waals surface area contributed by atoms with Crippen molar-refractivity contribution in [3.05, 3.63) is 29.3 Å². The second-order valence-corrected chi connectivity index (χ2v) is 6.43. The van der Waals surface area contributed by atoms with Gasteiger partial charge in [0.2, 0.25) is 0 Å². The van der Waals surface area contributed by atoms with Crippen LogP contribution in [-0.2, 0) is 0 Å². The number of benzene rings is 1. The lowest BCUT2D eigenvalue weighted by Gasteiger charge is -2.26. The molecule has 3 N–H and O–H groups in total. The number of hydrogen-bond donors (Lipinski definition) is 2. The second kappa shape index (κ2) is 7.16. The molecule has 1 fully saturated rings. The molecule has 0 bridgehead atoms. The van der Waals surface area contributed by atoms with Crippen LogP contribution in [0.1, 0.15) is 44.6 Å². The second-order valence-electron chi connectivity index (χ2n) is 5.99. The first kappa shape index (κ1) is 16.1. The van der Waals surface area contributed by atoms with E-state index in [1.165, 1.54) is 37.8 Å². The largest absolute Gasteiger partial charge is 0.389 e. The molecule has 2 rings (SSSR count). The maximum Gasteiger partial charge on any atom is 0.182 e. The van der Waals surface area contributed by atoms with Crippen LogP contribution in [0.2, 0.25) is 0 Å². The van der Waals surface area contributed by atoms with Crippen LogP contribution in [0.4, 0.5) is 14.5 Å².